The van der Waals surface area contributed by atoms with Crippen molar-refractivity contribution in [2.75, 3.05) is 0 Å². The summed E-state index contributed by atoms with van der Waals surface area (Å²) in [5.74, 6) is 0.890. The maximum absolute atomic E-state index is 5.81. The smallest absolute Gasteiger partial charge is 0.158 e. The first kappa shape index (κ1) is 10.5. The highest BCUT2D eigenvalue weighted by Crippen LogP contribution is 2.24. The van der Waals surface area contributed by atoms with Gasteiger partial charge in [-0.1, -0.05) is 0 Å². The van der Waals surface area contributed by atoms with E-state index in [-0.39, 0.29) is 0 Å². The van der Waals surface area contributed by atoms with Crippen LogP contribution in [0, 0.1) is 6.92 Å². The maximum atomic E-state index is 5.81. The summed E-state index contributed by atoms with van der Waals surface area (Å²) in [6.07, 6.45) is 5.35. The van der Waals surface area contributed by atoms with E-state index in [1.807, 2.05) is 23.9 Å². The Morgan fingerprint density at radius 3 is 3.00 bits per heavy atom. The molecule has 0 atom stereocenters. The summed E-state index contributed by atoms with van der Waals surface area (Å²) in [5, 5.41) is 4.41. The molecule has 2 aromatic heterocycles. The van der Waals surface area contributed by atoms with Crippen LogP contribution in [0.1, 0.15) is 28.9 Å². The Hall–Kier alpha value is -1.68. The van der Waals surface area contributed by atoms with E-state index < -0.39 is 0 Å². The molecule has 4 nitrogen and oxygen atoms in total. The van der Waals surface area contributed by atoms with Crippen molar-refractivity contribution in [2.45, 2.75) is 32.7 Å². The predicted molar refractivity (Wildman–Crippen MR) is 66.0 cm³/mol. The van der Waals surface area contributed by atoms with Crippen molar-refractivity contribution in [1.29, 1.82) is 0 Å². The van der Waals surface area contributed by atoms with Crippen molar-refractivity contribution >= 4 is 0 Å². The molecule has 3 rings (SSSR count). The summed E-state index contributed by atoms with van der Waals surface area (Å²) in [5.41, 5.74) is 10.5. The lowest BCUT2D eigenvalue weighted by Gasteiger charge is -2.10. The highest BCUT2D eigenvalue weighted by atomic mass is 15.3. The van der Waals surface area contributed by atoms with Gasteiger partial charge in [-0.05, 0) is 43.9 Å². The summed E-state index contributed by atoms with van der Waals surface area (Å²) < 4.78 is 1.83. The summed E-state index contributed by atoms with van der Waals surface area (Å²) >= 11 is 0. The van der Waals surface area contributed by atoms with Crippen molar-refractivity contribution in [1.82, 2.24) is 14.8 Å². The number of aryl methyl sites for hydroxylation is 3. The summed E-state index contributed by atoms with van der Waals surface area (Å²) in [6.45, 7) is 2.49. The standard InChI is InChI=1S/C13H16N4/c1-9-5-6-17(16-9)13-11(8-14)7-10-3-2-4-12(10)15-13/h5-7H,2-4,8,14H2,1H3. The monoisotopic (exact) mass is 228 g/mol. The van der Waals surface area contributed by atoms with Gasteiger partial charge in [0.05, 0.1) is 5.69 Å². The lowest BCUT2D eigenvalue weighted by atomic mass is 10.1. The average Bonchev–Trinajstić information content (AvgIpc) is 2.94. The van der Waals surface area contributed by atoms with E-state index in [9.17, 15) is 0 Å². The Morgan fingerprint density at radius 1 is 1.41 bits per heavy atom. The van der Waals surface area contributed by atoms with Crippen LogP contribution in [-0.4, -0.2) is 14.8 Å². The minimum atomic E-state index is 0.508. The number of rotatable bonds is 2. The molecule has 2 heterocycles. The van der Waals surface area contributed by atoms with Gasteiger partial charge in [0.1, 0.15) is 0 Å². The van der Waals surface area contributed by atoms with Crippen LogP contribution in [0.5, 0.6) is 0 Å². The minimum Gasteiger partial charge on any atom is -0.326 e. The van der Waals surface area contributed by atoms with Crippen LogP contribution in [0.25, 0.3) is 5.82 Å². The predicted octanol–water partition coefficient (Wildman–Crippen LogP) is 1.52. The van der Waals surface area contributed by atoms with Gasteiger partial charge in [0.25, 0.3) is 0 Å². The molecule has 4 heteroatoms. The number of hydrogen-bond acceptors (Lipinski definition) is 3. The Balaban J connectivity index is 2.15. The van der Waals surface area contributed by atoms with E-state index in [2.05, 4.69) is 11.2 Å². The van der Waals surface area contributed by atoms with Crippen LogP contribution < -0.4 is 5.73 Å². The zero-order chi connectivity index (χ0) is 11.8. The molecule has 0 saturated carbocycles. The van der Waals surface area contributed by atoms with Crippen LogP contribution in [-0.2, 0) is 19.4 Å². The lowest BCUT2D eigenvalue weighted by molar-refractivity contribution is 0.800. The van der Waals surface area contributed by atoms with E-state index in [1.165, 1.54) is 17.7 Å². The van der Waals surface area contributed by atoms with Gasteiger partial charge >= 0.3 is 0 Å². The van der Waals surface area contributed by atoms with Gasteiger partial charge in [0.2, 0.25) is 0 Å². The zero-order valence-corrected chi connectivity index (χ0v) is 9.98. The van der Waals surface area contributed by atoms with Gasteiger partial charge in [-0.15, -0.1) is 0 Å². The number of nitrogens with two attached hydrogens (primary N) is 1. The Labute approximate surface area is 100 Å². The molecule has 0 aliphatic heterocycles. The van der Waals surface area contributed by atoms with E-state index >= 15 is 0 Å². The lowest BCUT2D eigenvalue weighted by Crippen LogP contribution is -2.09. The zero-order valence-electron chi connectivity index (χ0n) is 9.98. The quantitative estimate of drug-likeness (QED) is 0.848. The highest BCUT2D eigenvalue weighted by molar-refractivity contribution is 5.41. The van der Waals surface area contributed by atoms with Crippen molar-refractivity contribution in [3.63, 3.8) is 0 Å². The molecule has 0 unspecified atom stereocenters. The number of aromatic nitrogens is 3. The first-order valence-corrected chi connectivity index (χ1v) is 6.02. The molecule has 0 saturated heterocycles. The molecule has 0 fully saturated rings. The molecule has 0 spiro atoms. The van der Waals surface area contributed by atoms with E-state index in [0.717, 1.165) is 29.9 Å². The second-order valence-electron chi connectivity index (χ2n) is 4.54. The number of fused-ring (bicyclic) bond motifs is 1. The number of pyridine rings is 1. The van der Waals surface area contributed by atoms with Crippen molar-refractivity contribution < 1.29 is 0 Å². The van der Waals surface area contributed by atoms with Crippen LogP contribution in [0.15, 0.2) is 18.3 Å². The van der Waals surface area contributed by atoms with Crippen molar-refractivity contribution in [2.24, 2.45) is 5.73 Å². The molecular formula is C13H16N4. The van der Waals surface area contributed by atoms with Crippen molar-refractivity contribution in [3.8, 4) is 5.82 Å². The van der Waals surface area contributed by atoms with Gasteiger partial charge in [-0.25, -0.2) is 9.67 Å². The normalized spacial score (nSPS) is 14.0. The molecule has 0 amide bonds. The SMILES string of the molecule is Cc1ccn(-c2nc3c(cc2CN)CCC3)n1. The molecule has 2 aromatic rings. The summed E-state index contributed by atoms with van der Waals surface area (Å²) in [7, 11) is 0. The maximum Gasteiger partial charge on any atom is 0.158 e. The fourth-order valence-corrected chi connectivity index (χ4v) is 2.39. The topological polar surface area (TPSA) is 56.7 Å². The van der Waals surface area contributed by atoms with E-state index in [4.69, 9.17) is 10.7 Å². The molecule has 0 bridgehead atoms. The van der Waals surface area contributed by atoms with Crippen LogP contribution >= 0.6 is 0 Å². The molecule has 1 aliphatic rings. The average molecular weight is 228 g/mol. The molecule has 0 aromatic carbocycles. The second-order valence-corrected chi connectivity index (χ2v) is 4.54. The summed E-state index contributed by atoms with van der Waals surface area (Å²) in [4.78, 5) is 4.73. The molecule has 17 heavy (non-hydrogen) atoms. The van der Waals surface area contributed by atoms with Crippen LogP contribution in [0.4, 0.5) is 0 Å². The Bertz CT molecular complexity index is 557. The molecule has 1 aliphatic carbocycles. The molecule has 88 valence electrons. The van der Waals surface area contributed by atoms with E-state index in [0.29, 0.717) is 6.54 Å². The van der Waals surface area contributed by atoms with Gasteiger partial charge in [-0.3, -0.25) is 0 Å². The largest absolute Gasteiger partial charge is 0.326 e. The first-order valence-electron chi connectivity index (χ1n) is 6.02. The van der Waals surface area contributed by atoms with Gasteiger partial charge in [-0.2, -0.15) is 5.10 Å². The number of nitrogens with zero attached hydrogens (tertiary/aromatic N) is 3. The number of hydrogen-bond donors (Lipinski definition) is 1. The second kappa shape index (κ2) is 3.96. The van der Waals surface area contributed by atoms with Gasteiger partial charge in [0, 0.05) is 24.0 Å². The van der Waals surface area contributed by atoms with Gasteiger partial charge in [0.15, 0.2) is 5.82 Å². The first-order chi connectivity index (χ1) is 8.28. The summed E-state index contributed by atoms with van der Waals surface area (Å²) in [6, 6.07) is 4.18. The third-order valence-corrected chi connectivity index (χ3v) is 3.27. The highest BCUT2D eigenvalue weighted by Gasteiger charge is 2.16. The Morgan fingerprint density at radius 2 is 2.29 bits per heavy atom. The molecule has 2 N–H and O–H groups in total. The minimum absolute atomic E-state index is 0.508. The molecular weight excluding hydrogens is 212 g/mol. The van der Waals surface area contributed by atoms with Crippen molar-refractivity contribution in [3.05, 3.63) is 40.8 Å². The fourth-order valence-electron chi connectivity index (χ4n) is 2.39. The van der Waals surface area contributed by atoms with Crippen LogP contribution in [0.3, 0.4) is 0 Å². The van der Waals surface area contributed by atoms with Crippen LogP contribution in [0.2, 0.25) is 0 Å². The Kier molecular flexibility index (Phi) is 2.44. The fraction of sp³-hybridized carbons (Fsp3) is 0.385. The third-order valence-electron chi connectivity index (χ3n) is 3.27. The van der Waals surface area contributed by atoms with Gasteiger partial charge < -0.3 is 5.73 Å². The van der Waals surface area contributed by atoms with E-state index in [1.54, 1.807) is 0 Å². The third kappa shape index (κ3) is 1.74. The molecule has 0 radical (unpaired) electrons.